The first-order chi connectivity index (χ1) is 13.1. The van der Waals surface area contributed by atoms with Gasteiger partial charge < -0.3 is 15.0 Å². The summed E-state index contributed by atoms with van der Waals surface area (Å²) in [5, 5.41) is 4.24. The Bertz CT molecular complexity index is 823. The molecule has 0 atom stereocenters. The zero-order chi connectivity index (χ0) is 18.8. The molecule has 2 aromatic rings. The molecule has 0 saturated carbocycles. The first-order valence-electron chi connectivity index (χ1n) is 9.68. The molecule has 2 aliphatic heterocycles. The number of hydrogen-bond acceptors (Lipinski definition) is 3. The summed E-state index contributed by atoms with van der Waals surface area (Å²) in [7, 11) is 0. The lowest BCUT2D eigenvalue weighted by atomic mass is 10.1. The Kier molecular flexibility index (Phi) is 5.32. The summed E-state index contributed by atoms with van der Waals surface area (Å²) in [5.74, 6) is 1.06. The summed E-state index contributed by atoms with van der Waals surface area (Å²) in [4.78, 5) is 4.79. The van der Waals surface area contributed by atoms with Gasteiger partial charge in [0.25, 0.3) is 0 Å². The molecule has 0 aromatic heterocycles. The Morgan fingerprint density at radius 2 is 1.78 bits per heavy atom. The van der Waals surface area contributed by atoms with Crippen LogP contribution in [0.25, 0.3) is 0 Å². The van der Waals surface area contributed by atoms with Crippen molar-refractivity contribution in [3.05, 3.63) is 58.7 Å². The lowest BCUT2D eigenvalue weighted by Gasteiger charge is -2.36. The molecule has 0 radical (unpaired) electrons. The lowest BCUT2D eigenvalue weighted by Crippen LogP contribution is -2.49. The van der Waals surface area contributed by atoms with Gasteiger partial charge in [-0.05, 0) is 66.5 Å². The number of benzene rings is 2. The number of thiocarbonyl (C=S) groups is 1. The van der Waals surface area contributed by atoms with Crippen LogP contribution in [-0.4, -0.2) is 47.7 Å². The van der Waals surface area contributed by atoms with Gasteiger partial charge >= 0.3 is 0 Å². The minimum atomic E-state index is 0.822. The number of nitrogens with zero attached hydrogens (tertiary/aromatic N) is 2. The second kappa shape index (κ2) is 7.87. The number of ether oxygens (including phenoxy) is 1. The van der Waals surface area contributed by atoms with Gasteiger partial charge in [-0.2, -0.15) is 0 Å². The van der Waals surface area contributed by atoms with E-state index in [2.05, 4.69) is 65.4 Å². The monoisotopic (exact) mass is 381 g/mol. The van der Waals surface area contributed by atoms with E-state index in [9.17, 15) is 0 Å². The molecule has 2 heterocycles. The number of nitrogens with one attached hydrogen (secondary N) is 1. The Balaban J connectivity index is 1.30. The molecule has 5 heteroatoms. The second-order valence-corrected chi connectivity index (χ2v) is 8.00. The van der Waals surface area contributed by atoms with Crippen molar-refractivity contribution >= 4 is 23.0 Å². The molecule has 4 rings (SSSR count). The average Bonchev–Trinajstić information content (AvgIpc) is 3.09. The predicted octanol–water partition coefficient (Wildman–Crippen LogP) is 3.75. The number of rotatable bonds is 3. The number of fused-ring (bicyclic) bond motifs is 1. The van der Waals surface area contributed by atoms with Gasteiger partial charge in [0, 0.05) is 44.8 Å². The Morgan fingerprint density at radius 1 is 1.04 bits per heavy atom. The molecule has 2 aliphatic rings. The summed E-state index contributed by atoms with van der Waals surface area (Å²) < 4.78 is 5.61. The van der Waals surface area contributed by atoms with E-state index in [1.54, 1.807) is 0 Å². The molecule has 142 valence electrons. The standard InChI is InChI=1S/C22H27N3OS/c1-16-11-17(2)13-20(12-16)23-22(27)25-8-6-24(7-9-25)15-18-3-4-21-19(14-18)5-10-26-21/h3-4,11-14H,5-10,15H2,1-2H3,(H,23,27). The van der Waals surface area contributed by atoms with Crippen molar-refractivity contribution in [2.24, 2.45) is 0 Å². The first-order valence-corrected chi connectivity index (χ1v) is 10.1. The zero-order valence-corrected chi connectivity index (χ0v) is 16.9. The Hall–Kier alpha value is -2.11. The second-order valence-electron chi connectivity index (χ2n) is 7.61. The van der Waals surface area contributed by atoms with Crippen LogP contribution >= 0.6 is 12.2 Å². The third-order valence-electron chi connectivity index (χ3n) is 5.29. The van der Waals surface area contributed by atoms with Crippen LogP contribution in [0.15, 0.2) is 36.4 Å². The Morgan fingerprint density at radius 3 is 2.52 bits per heavy atom. The van der Waals surface area contributed by atoms with E-state index >= 15 is 0 Å². The highest BCUT2D eigenvalue weighted by molar-refractivity contribution is 7.80. The molecular formula is C22H27N3OS. The zero-order valence-electron chi connectivity index (χ0n) is 16.1. The summed E-state index contributed by atoms with van der Waals surface area (Å²) in [6.07, 6.45) is 1.04. The van der Waals surface area contributed by atoms with Gasteiger partial charge in [-0.3, -0.25) is 4.90 Å². The molecule has 4 nitrogen and oxygen atoms in total. The Labute approximate surface area is 167 Å². The van der Waals surface area contributed by atoms with Gasteiger partial charge in [-0.15, -0.1) is 0 Å². The molecule has 2 aromatic carbocycles. The van der Waals surface area contributed by atoms with E-state index in [1.165, 1.54) is 22.3 Å². The number of aryl methyl sites for hydroxylation is 2. The van der Waals surface area contributed by atoms with Crippen molar-refractivity contribution in [1.82, 2.24) is 9.80 Å². The van der Waals surface area contributed by atoms with Crippen LogP contribution in [0.2, 0.25) is 0 Å². The number of anilines is 1. The third-order valence-corrected chi connectivity index (χ3v) is 5.65. The fourth-order valence-electron chi connectivity index (χ4n) is 3.95. The topological polar surface area (TPSA) is 27.7 Å². The molecule has 0 aliphatic carbocycles. The molecule has 1 fully saturated rings. The quantitative estimate of drug-likeness (QED) is 0.818. The SMILES string of the molecule is Cc1cc(C)cc(NC(=S)N2CCN(Cc3ccc4c(c3)CCO4)CC2)c1. The maximum absolute atomic E-state index is 5.65. The fourth-order valence-corrected chi connectivity index (χ4v) is 4.26. The molecular weight excluding hydrogens is 354 g/mol. The molecule has 0 amide bonds. The van der Waals surface area contributed by atoms with Crippen LogP contribution in [-0.2, 0) is 13.0 Å². The average molecular weight is 382 g/mol. The van der Waals surface area contributed by atoms with Crippen molar-refractivity contribution in [2.75, 3.05) is 38.1 Å². The molecule has 0 bridgehead atoms. The van der Waals surface area contributed by atoms with Crippen LogP contribution in [0, 0.1) is 13.8 Å². The first kappa shape index (κ1) is 18.3. The summed E-state index contributed by atoms with van der Waals surface area (Å²) >= 11 is 5.65. The highest BCUT2D eigenvalue weighted by atomic mass is 32.1. The van der Waals surface area contributed by atoms with Crippen molar-refractivity contribution in [3.63, 3.8) is 0 Å². The predicted molar refractivity (Wildman–Crippen MR) is 115 cm³/mol. The summed E-state index contributed by atoms with van der Waals surface area (Å²) in [6.45, 7) is 10.0. The van der Waals surface area contributed by atoms with Gasteiger partial charge in [0.15, 0.2) is 5.11 Å². The number of piperazine rings is 1. The van der Waals surface area contributed by atoms with E-state index in [4.69, 9.17) is 17.0 Å². The van der Waals surface area contributed by atoms with Crippen molar-refractivity contribution < 1.29 is 4.74 Å². The van der Waals surface area contributed by atoms with Gasteiger partial charge in [0.1, 0.15) is 5.75 Å². The lowest BCUT2D eigenvalue weighted by molar-refractivity contribution is 0.177. The van der Waals surface area contributed by atoms with E-state index < -0.39 is 0 Å². The van der Waals surface area contributed by atoms with E-state index in [0.29, 0.717) is 0 Å². The smallest absolute Gasteiger partial charge is 0.173 e. The highest BCUT2D eigenvalue weighted by Gasteiger charge is 2.20. The van der Waals surface area contributed by atoms with E-state index in [-0.39, 0.29) is 0 Å². The van der Waals surface area contributed by atoms with Crippen molar-refractivity contribution in [1.29, 1.82) is 0 Å². The van der Waals surface area contributed by atoms with Crippen LogP contribution < -0.4 is 10.1 Å². The minimum absolute atomic E-state index is 0.822. The molecule has 1 N–H and O–H groups in total. The van der Waals surface area contributed by atoms with Gasteiger partial charge in [0.2, 0.25) is 0 Å². The third kappa shape index (κ3) is 4.42. The van der Waals surface area contributed by atoms with Crippen LogP contribution in [0.1, 0.15) is 22.3 Å². The maximum atomic E-state index is 5.65. The summed E-state index contributed by atoms with van der Waals surface area (Å²) in [6, 6.07) is 13.1. The van der Waals surface area contributed by atoms with Crippen molar-refractivity contribution in [3.8, 4) is 5.75 Å². The fraction of sp³-hybridized carbons (Fsp3) is 0.409. The molecule has 0 spiro atoms. The summed E-state index contributed by atoms with van der Waals surface area (Å²) in [5.41, 5.74) is 6.32. The van der Waals surface area contributed by atoms with Crippen LogP contribution in [0.3, 0.4) is 0 Å². The van der Waals surface area contributed by atoms with Crippen molar-refractivity contribution in [2.45, 2.75) is 26.8 Å². The van der Waals surface area contributed by atoms with Crippen LogP contribution in [0.5, 0.6) is 5.75 Å². The largest absolute Gasteiger partial charge is 0.493 e. The van der Waals surface area contributed by atoms with Gasteiger partial charge in [-0.25, -0.2) is 0 Å². The number of hydrogen-bond donors (Lipinski definition) is 1. The molecule has 27 heavy (non-hydrogen) atoms. The maximum Gasteiger partial charge on any atom is 0.173 e. The molecule has 0 unspecified atom stereocenters. The highest BCUT2D eigenvalue weighted by Crippen LogP contribution is 2.26. The van der Waals surface area contributed by atoms with Gasteiger partial charge in [0.05, 0.1) is 6.61 Å². The van der Waals surface area contributed by atoms with Crippen LogP contribution in [0.4, 0.5) is 5.69 Å². The molecule has 1 saturated heterocycles. The normalized spacial score (nSPS) is 16.7. The van der Waals surface area contributed by atoms with E-state index in [1.807, 2.05) is 0 Å². The van der Waals surface area contributed by atoms with Gasteiger partial charge in [-0.1, -0.05) is 18.2 Å². The minimum Gasteiger partial charge on any atom is -0.493 e. The van der Waals surface area contributed by atoms with E-state index in [0.717, 1.165) is 62.3 Å².